The number of piperidine rings is 1. The molecule has 2 heterocycles. The van der Waals surface area contributed by atoms with Crippen molar-refractivity contribution in [1.82, 2.24) is 4.98 Å². The first-order valence-electron chi connectivity index (χ1n) is 9.64. The number of nitrogens with zero attached hydrogens (tertiary/aromatic N) is 1. The predicted molar refractivity (Wildman–Crippen MR) is 104 cm³/mol. The molecule has 2 aromatic rings. The first kappa shape index (κ1) is 18.7. The largest absolute Gasteiger partial charge is 0.469 e. The molecule has 1 aliphatic heterocycles. The second-order valence-corrected chi connectivity index (χ2v) is 7.76. The van der Waals surface area contributed by atoms with Crippen molar-refractivity contribution in [3.05, 3.63) is 28.7 Å². The van der Waals surface area contributed by atoms with Gasteiger partial charge in [0.2, 0.25) is 0 Å². The highest BCUT2D eigenvalue weighted by atomic mass is 19.1. The number of aromatic amines is 1. The molecule has 1 amide bonds. The number of carbonyl (C=O) groups excluding carboxylic acids is 2. The van der Waals surface area contributed by atoms with Gasteiger partial charge in [0.05, 0.1) is 29.8 Å². The van der Waals surface area contributed by atoms with Crippen molar-refractivity contribution in [1.29, 1.82) is 0 Å². The second-order valence-electron chi connectivity index (χ2n) is 7.76. The average Bonchev–Trinajstić information content (AvgIpc) is 3.04. The van der Waals surface area contributed by atoms with Gasteiger partial charge in [0.15, 0.2) is 0 Å². The van der Waals surface area contributed by atoms with Crippen LogP contribution in [0.2, 0.25) is 0 Å². The number of nitrogens with one attached hydrogen (secondary N) is 1. The summed E-state index contributed by atoms with van der Waals surface area (Å²) < 4.78 is 20.1. The lowest BCUT2D eigenvalue weighted by Crippen LogP contribution is -2.43. The number of amides is 1. The highest BCUT2D eigenvalue weighted by Crippen LogP contribution is 2.41. The number of ether oxygens (including phenoxy) is 1. The maximum Gasteiger partial charge on any atom is 0.309 e. The highest BCUT2D eigenvalue weighted by molar-refractivity contribution is 6.10. The van der Waals surface area contributed by atoms with Crippen LogP contribution >= 0.6 is 0 Å². The molecule has 5 N–H and O–H groups in total. The number of rotatable bonds is 3. The molecule has 150 valence electrons. The number of hydrogen-bond acceptors (Lipinski definition) is 5. The fourth-order valence-corrected chi connectivity index (χ4v) is 4.64. The molecule has 28 heavy (non-hydrogen) atoms. The van der Waals surface area contributed by atoms with Gasteiger partial charge < -0.3 is 26.1 Å². The summed E-state index contributed by atoms with van der Waals surface area (Å²) in [6.45, 7) is 1.27. The number of benzene rings is 1. The van der Waals surface area contributed by atoms with Crippen LogP contribution in [0.1, 0.15) is 40.9 Å². The Hall–Kier alpha value is -2.61. The van der Waals surface area contributed by atoms with Crippen LogP contribution in [-0.4, -0.2) is 43.1 Å². The monoisotopic (exact) mass is 388 g/mol. The van der Waals surface area contributed by atoms with Gasteiger partial charge in [-0.3, -0.25) is 9.59 Å². The first-order valence-corrected chi connectivity index (χ1v) is 9.64. The third kappa shape index (κ3) is 3.01. The van der Waals surface area contributed by atoms with Crippen LogP contribution in [-0.2, 0) is 22.4 Å². The van der Waals surface area contributed by atoms with Crippen LogP contribution in [0.3, 0.4) is 0 Å². The van der Waals surface area contributed by atoms with E-state index in [0.29, 0.717) is 48.9 Å². The van der Waals surface area contributed by atoms with Gasteiger partial charge in [-0.1, -0.05) is 0 Å². The number of carbonyl (C=O) groups is 2. The standard InChI is InChI=1S/C20H25FN4O3/c1-28-20(27)10-4-5-12-15(7-10)24-17-13(19(23)26)8-14(21)18(16(12)17)25-6-2-3-11(22)9-25/h8,10-11,24H,2-7,9,22H2,1H3,(H2,23,26). The molecule has 0 bridgehead atoms. The van der Waals surface area contributed by atoms with E-state index in [2.05, 4.69) is 4.98 Å². The van der Waals surface area contributed by atoms with Gasteiger partial charge in [-0.05, 0) is 37.3 Å². The molecule has 7 nitrogen and oxygen atoms in total. The van der Waals surface area contributed by atoms with E-state index in [1.54, 1.807) is 0 Å². The van der Waals surface area contributed by atoms with Gasteiger partial charge in [0.1, 0.15) is 5.82 Å². The summed E-state index contributed by atoms with van der Waals surface area (Å²) >= 11 is 0. The van der Waals surface area contributed by atoms with E-state index in [0.717, 1.165) is 24.1 Å². The van der Waals surface area contributed by atoms with Crippen molar-refractivity contribution in [2.75, 3.05) is 25.1 Å². The van der Waals surface area contributed by atoms with E-state index in [4.69, 9.17) is 16.2 Å². The number of primary amides is 1. The number of halogens is 1. The fourth-order valence-electron chi connectivity index (χ4n) is 4.64. The fraction of sp³-hybridized carbons (Fsp3) is 0.500. The maximum atomic E-state index is 15.2. The zero-order chi connectivity index (χ0) is 20.0. The number of esters is 1. The third-order valence-corrected chi connectivity index (χ3v) is 5.96. The summed E-state index contributed by atoms with van der Waals surface area (Å²) in [7, 11) is 1.38. The number of aromatic nitrogens is 1. The van der Waals surface area contributed by atoms with Crippen LogP contribution in [0.15, 0.2) is 6.07 Å². The quantitative estimate of drug-likeness (QED) is 0.691. The van der Waals surface area contributed by atoms with Gasteiger partial charge in [0.25, 0.3) is 5.91 Å². The molecule has 0 saturated carbocycles. The Morgan fingerprint density at radius 2 is 2.14 bits per heavy atom. The Morgan fingerprint density at radius 3 is 2.82 bits per heavy atom. The molecule has 2 aliphatic rings. The zero-order valence-corrected chi connectivity index (χ0v) is 15.9. The normalized spacial score (nSPS) is 22.2. The summed E-state index contributed by atoms with van der Waals surface area (Å²) in [6.07, 6.45) is 3.48. The van der Waals surface area contributed by atoms with Crippen LogP contribution in [0.25, 0.3) is 10.9 Å². The van der Waals surface area contributed by atoms with Crippen molar-refractivity contribution in [2.45, 2.75) is 38.1 Å². The number of anilines is 1. The van der Waals surface area contributed by atoms with E-state index in [1.165, 1.54) is 13.2 Å². The van der Waals surface area contributed by atoms with Gasteiger partial charge in [-0.15, -0.1) is 0 Å². The summed E-state index contributed by atoms with van der Waals surface area (Å²) in [6, 6.07) is 1.19. The molecule has 0 radical (unpaired) electrons. The number of hydrogen-bond donors (Lipinski definition) is 3. The lowest BCUT2D eigenvalue weighted by atomic mass is 9.86. The summed E-state index contributed by atoms with van der Waals surface area (Å²) in [5.74, 6) is -1.66. The lowest BCUT2D eigenvalue weighted by Gasteiger charge is -2.34. The molecule has 1 fully saturated rings. The Balaban J connectivity index is 1.90. The molecular formula is C20H25FN4O3. The Kier molecular flexibility index (Phi) is 4.74. The number of aryl methyl sites for hydroxylation is 1. The van der Waals surface area contributed by atoms with Gasteiger partial charge >= 0.3 is 5.97 Å². The number of nitrogens with two attached hydrogens (primary N) is 2. The van der Waals surface area contributed by atoms with Crippen molar-refractivity contribution < 1.29 is 18.7 Å². The maximum absolute atomic E-state index is 15.2. The highest BCUT2D eigenvalue weighted by Gasteiger charge is 2.32. The molecule has 8 heteroatoms. The van der Waals surface area contributed by atoms with E-state index < -0.39 is 11.7 Å². The number of fused-ring (bicyclic) bond motifs is 3. The molecule has 1 aromatic heterocycles. The second kappa shape index (κ2) is 7.09. The van der Waals surface area contributed by atoms with Gasteiger partial charge in [-0.2, -0.15) is 0 Å². The van der Waals surface area contributed by atoms with Gasteiger partial charge in [-0.25, -0.2) is 4.39 Å². The minimum absolute atomic E-state index is 0.0162. The molecule has 0 spiro atoms. The molecule has 2 unspecified atom stereocenters. The van der Waals surface area contributed by atoms with Crippen molar-refractivity contribution >= 4 is 28.5 Å². The SMILES string of the molecule is COC(=O)C1CCc2c([nH]c3c(C(N)=O)cc(F)c(N4CCCC(N)C4)c23)C1. The third-order valence-electron chi connectivity index (χ3n) is 5.96. The number of methoxy groups -OCH3 is 1. The summed E-state index contributed by atoms with van der Waals surface area (Å²) in [4.78, 5) is 29.2. The van der Waals surface area contributed by atoms with Crippen LogP contribution in [0.5, 0.6) is 0 Å². The minimum Gasteiger partial charge on any atom is -0.469 e. The predicted octanol–water partition coefficient (Wildman–Crippen LogP) is 1.61. The Labute approximate surface area is 162 Å². The molecule has 1 aliphatic carbocycles. The van der Waals surface area contributed by atoms with E-state index in [9.17, 15) is 9.59 Å². The lowest BCUT2D eigenvalue weighted by molar-refractivity contribution is -0.145. The van der Waals surface area contributed by atoms with E-state index in [-0.39, 0.29) is 23.5 Å². The van der Waals surface area contributed by atoms with Crippen LogP contribution in [0.4, 0.5) is 10.1 Å². The molecule has 2 atom stereocenters. The van der Waals surface area contributed by atoms with Crippen LogP contribution in [0, 0.1) is 11.7 Å². The van der Waals surface area contributed by atoms with E-state index in [1.807, 2.05) is 4.90 Å². The molecule has 1 saturated heterocycles. The van der Waals surface area contributed by atoms with Crippen LogP contribution < -0.4 is 16.4 Å². The zero-order valence-electron chi connectivity index (χ0n) is 15.9. The average molecular weight is 388 g/mol. The molecule has 1 aromatic carbocycles. The number of H-pyrrole nitrogens is 1. The summed E-state index contributed by atoms with van der Waals surface area (Å²) in [5, 5.41) is 0.696. The van der Waals surface area contributed by atoms with Crippen molar-refractivity contribution in [2.24, 2.45) is 17.4 Å². The molecular weight excluding hydrogens is 363 g/mol. The van der Waals surface area contributed by atoms with Crippen molar-refractivity contribution in [3.63, 3.8) is 0 Å². The topological polar surface area (TPSA) is 114 Å². The Morgan fingerprint density at radius 1 is 1.36 bits per heavy atom. The van der Waals surface area contributed by atoms with Crippen molar-refractivity contribution in [3.8, 4) is 0 Å². The Bertz CT molecular complexity index is 955. The van der Waals surface area contributed by atoms with Gasteiger partial charge in [0, 0.05) is 36.6 Å². The smallest absolute Gasteiger partial charge is 0.309 e. The van der Waals surface area contributed by atoms with E-state index >= 15 is 4.39 Å². The summed E-state index contributed by atoms with van der Waals surface area (Å²) in [5.41, 5.74) is 14.6. The first-order chi connectivity index (χ1) is 13.4. The molecule has 4 rings (SSSR count). The minimum atomic E-state index is -0.686.